The molecule has 0 unspecified atom stereocenters. The van der Waals surface area contributed by atoms with Gasteiger partial charge in [0.25, 0.3) is 0 Å². The van der Waals surface area contributed by atoms with Gasteiger partial charge in [0.1, 0.15) is 0 Å². The van der Waals surface area contributed by atoms with E-state index in [1.807, 2.05) is 36.4 Å². The Bertz CT molecular complexity index is 833. The molecule has 0 saturated carbocycles. The number of rotatable bonds is 2. The second-order valence-corrected chi connectivity index (χ2v) is 12.4. The van der Waals surface area contributed by atoms with Gasteiger partial charge in [-0.05, 0) is 0 Å². The van der Waals surface area contributed by atoms with Crippen LogP contribution >= 0.6 is 6.98 Å². The molecule has 126 valence electrons. The zero-order chi connectivity index (χ0) is 17.2. The van der Waals surface area contributed by atoms with E-state index in [0.717, 1.165) is 16.2 Å². The minimum atomic E-state index is -3.25. The van der Waals surface area contributed by atoms with Crippen molar-refractivity contribution >= 4 is 23.5 Å². The van der Waals surface area contributed by atoms with E-state index < -0.39 is 6.98 Å². The normalized spacial score (nSPS) is 27.0. The second kappa shape index (κ2) is 4.68. The van der Waals surface area contributed by atoms with Crippen molar-refractivity contribution in [1.29, 1.82) is 0 Å². The van der Waals surface area contributed by atoms with E-state index >= 15 is 0 Å². The predicted octanol–water partition coefficient (Wildman–Crippen LogP) is 3.60. The van der Waals surface area contributed by atoms with Gasteiger partial charge in [-0.1, -0.05) is 0 Å². The second-order valence-electron chi connectivity index (χ2n) is 7.75. The Kier molecular flexibility index (Phi) is 3.08. The Hall–Kier alpha value is -1.70. The first-order valence-electron chi connectivity index (χ1n) is 8.53. The van der Waals surface area contributed by atoms with Gasteiger partial charge in [0.05, 0.1) is 0 Å². The van der Waals surface area contributed by atoms with Crippen molar-refractivity contribution in [3.63, 3.8) is 0 Å². The van der Waals surface area contributed by atoms with Crippen molar-refractivity contribution in [2.24, 2.45) is 5.92 Å². The first-order valence-corrected chi connectivity index (χ1v) is 10.7. The van der Waals surface area contributed by atoms with Crippen molar-refractivity contribution in [3.8, 4) is 0 Å². The van der Waals surface area contributed by atoms with Crippen LogP contribution in [0.2, 0.25) is 0 Å². The molecule has 4 rings (SSSR count). The first kappa shape index (κ1) is 15.8. The third kappa shape index (κ3) is 1.49. The third-order valence-electron chi connectivity index (χ3n) is 5.90. The number of hydrogen-bond acceptors (Lipinski definition) is 2. The third-order valence-corrected chi connectivity index (χ3v) is 12.2. The minimum absolute atomic E-state index is 0.0117. The summed E-state index contributed by atoms with van der Waals surface area (Å²) in [6.07, 6.45) is 0.113. The summed E-state index contributed by atoms with van der Waals surface area (Å²) >= 11 is 0. The Morgan fingerprint density at radius 1 is 1.04 bits per heavy atom. The fraction of sp³-hybridized carbons (Fsp3) is 0.350. The van der Waals surface area contributed by atoms with E-state index in [0.29, 0.717) is 5.92 Å². The van der Waals surface area contributed by atoms with Crippen molar-refractivity contribution in [2.75, 3.05) is 0 Å². The number of amides is 1. The van der Waals surface area contributed by atoms with Gasteiger partial charge in [-0.25, -0.2) is 0 Å². The summed E-state index contributed by atoms with van der Waals surface area (Å²) in [5.74, 6) is 0.378. The first-order chi connectivity index (χ1) is 11.3. The molecular formula is C20H24NO2P. The van der Waals surface area contributed by atoms with Crippen molar-refractivity contribution < 1.29 is 9.32 Å². The molecule has 2 aliphatic heterocycles. The number of carbonyl (C=O) groups is 1. The number of carbonyl (C=O) groups excluding carboxylic acids is 1. The SMILES string of the molecule is CC(C)[C@@H]1OP2(c3ccccc3)(NC(=O)c3ccccc32)C1(C)C. The van der Waals surface area contributed by atoms with Crippen LogP contribution in [0.4, 0.5) is 0 Å². The van der Waals surface area contributed by atoms with Crippen molar-refractivity contribution in [2.45, 2.75) is 39.0 Å². The Morgan fingerprint density at radius 2 is 1.67 bits per heavy atom. The molecule has 0 bridgehead atoms. The molecule has 1 amide bonds. The fourth-order valence-electron chi connectivity index (χ4n) is 4.82. The van der Waals surface area contributed by atoms with E-state index in [1.54, 1.807) is 0 Å². The molecule has 1 saturated heterocycles. The van der Waals surface area contributed by atoms with Crippen LogP contribution in [0.5, 0.6) is 0 Å². The zero-order valence-corrected chi connectivity index (χ0v) is 15.5. The van der Waals surface area contributed by atoms with E-state index in [4.69, 9.17) is 4.52 Å². The van der Waals surface area contributed by atoms with Gasteiger partial charge in [0, 0.05) is 0 Å². The fourth-order valence-corrected chi connectivity index (χ4v) is 11.4. The monoisotopic (exact) mass is 341 g/mol. The van der Waals surface area contributed by atoms with E-state index in [-0.39, 0.29) is 17.2 Å². The Labute approximate surface area is 143 Å². The topological polar surface area (TPSA) is 38.3 Å². The molecular weight excluding hydrogens is 317 g/mol. The summed E-state index contributed by atoms with van der Waals surface area (Å²) in [7, 11) is 0. The van der Waals surface area contributed by atoms with Crippen molar-refractivity contribution in [3.05, 3.63) is 60.2 Å². The standard InChI is InChI=1S/C20H24NO2P/c1-14(2)18-20(3,4)24(23-18,15-10-6-5-7-11-15)17-13-9-8-12-16(17)19(22)21-24/h5-14,18H,1-4H3,(H,21,22)/t18-/m0/s1. The molecule has 1 N–H and O–H groups in total. The summed E-state index contributed by atoms with van der Waals surface area (Å²) in [4.78, 5) is 12.9. The molecule has 0 aromatic heterocycles. The van der Waals surface area contributed by atoms with Gasteiger partial charge < -0.3 is 0 Å². The van der Waals surface area contributed by atoms with Crippen molar-refractivity contribution in [1.82, 2.24) is 5.09 Å². The van der Waals surface area contributed by atoms with Crippen LogP contribution in [-0.4, -0.2) is 17.2 Å². The van der Waals surface area contributed by atoms with Crippen LogP contribution in [0.1, 0.15) is 38.1 Å². The average Bonchev–Trinajstić information content (AvgIpc) is 2.86. The quantitative estimate of drug-likeness (QED) is 0.848. The molecule has 0 aliphatic carbocycles. The van der Waals surface area contributed by atoms with Crippen LogP contribution in [0.15, 0.2) is 54.6 Å². The molecule has 0 radical (unpaired) electrons. The maximum atomic E-state index is 12.9. The molecule has 2 heterocycles. The number of benzene rings is 2. The van der Waals surface area contributed by atoms with Crippen LogP contribution in [-0.2, 0) is 4.52 Å². The molecule has 2 aliphatic rings. The van der Waals surface area contributed by atoms with E-state index in [2.05, 4.69) is 51.0 Å². The zero-order valence-electron chi connectivity index (χ0n) is 14.6. The molecule has 1 atom stereocenters. The van der Waals surface area contributed by atoms with Gasteiger partial charge in [-0.15, -0.1) is 0 Å². The summed E-state index contributed by atoms with van der Waals surface area (Å²) in [6.45, 7) is 5.64. The summed E-state index contributed by atoms with van der Waals surface area (Å²) in [5.41, 5.74) is 0.759. The van der Waals surface area contributed by atoms with Gasteiger partial charge >= 0.3 is 143 Å². The maximum absolute atomic E-state index is 12.9. The van der Waals surface area contributed by atoms with E-state index in [1.165, 1.54) is 0 Å². The average molecular weight is 341 g/mol. The molecule has 2 aromatic rings. The summed E-state index contributed by atoms with van der Waals surface area (Å²) in [6, 6.07) is 18.2. The van der Waals surface area contributed by atoms with Gasteiger partial charge in [0.15, 0.2) is 0 Å². The Morgan fingerprint density at radius 3 is 2.29 bits per heavy atom. The van der Waals surface area contributed by atoms with Gasteiger partial charge in [-0.3, -0.25) is 0 Å². The molecule has 3 nitrogen and oxygen atoms in total. The van der Waals surface area contributed by atoms with Gasteiger partial charge in [0.2, 0.25) is 0 Å². The molecule has 1 fully saturated rings. The number of fused-ring (bicyclic) bond motifs is 2. The number of nitrogens with one attached hydrogen (secondary N) is 1. The van der Waals surface area contributed by atoms with Crippen LogP contribution in [0, 0.1) is 5.92 Å². The Balaban J connectivity index is 2.08. The molecule has 2 aromatic carbocycles. The number of hydrogen-bond donors (Lipinski definition) is 1. The predicted molar refractivity (Wildman–Crippen MR) is 100 cm³/mol. The summed E-state index contributed by atoms with van der Waals surface area (Å²) < 4.78 is 6.83. The van der Waals surface area contributed by atoms with Crippen LogP contribution in [0.25, 0.3) is 0 Å². The molecule has 1 spiro atoms. The molecule has 4 heteroatoms. The molecule has 24 heavy (non-hydrogen) atoms. The van der Waals surface area contributed by atoms with Crippen LogP contribution < -0.4 is 15.7 Å². The van der Waals surface area contributed by atoms with E-state index in [9.17, 15) is 4.79 Å². The van der Waals surface area contributed by atoms with Crippen LogP contribution in [0.3, 0.4) is 0 Å². The summed E-state index contributed by atoms with van der Waals surface area (Å²) in [5, 5.41) is 5.41. The van der Waals surface area contributed by atoms with Gasteiger partial charge in [-0.2, -0.15) is 0 Å².